The van der Waals surface area contributed by atoms with E-state index >= 15 is 0 Å². The molecule has 3 aromatic carbocycles. The second-order valence-corrected chi connectivity index (χ2v) is 14.9. The maximum Gasteiger partial charge on any atom is 0.311 e. The molecule has 4 rings (SSSR count). The largest absolute Gasteiger partial charge is 0.463 e. The summed E-state index contributed by atoms with van der Waals surface area (Å²) in [7, 11) is 0. The number of alkyl halides is 3. The van der Waals surface area contributed by atoms with Crippen molar-refractivity contribution in [2.24, 2.45) is 5.41 Å². The third kappa shape index (κ3) is 11.8. The average molecular weight is 749 g/mol. The van der Waals surface area contributed by atoms with Gasteiger partial charge in [0.1, 0.15) is 24.9 Å². The number of nitrogens with one attached hydrogen (secondary N) is 1. The van der Waals surface area contributed by atoms with Gasteiger partial charge >= 0.3 is 11.9 Å². The number of esters is 2. The van der Waals surface area contributed by atoms with Gasteiger partial charge in [0.2, 0.25) is 12.2 Å². The number of carbonyl (C=O) groups is 3. The lowest BCUT2D eigenvalue weighted by atomic mass is 9.95. The van der Waals surface area contributed by atoms with Crippen LogP contribution in [0.3, 0.4) is 0 Å². The molecular formula is C37H40Cl3NO9. The van der Waals surface area contributed by atoms with Crippen LogP contribution in [0.1, 0.15) is 55.1 Å². The van der Waals surface area contributed by atoms with Crippen LogP contribution in [0.15, 0.2) is 91.0 Å². The fourth-order valence-corrected chi connectivity index (χ4v) is 5.01. The summed E-state index contributed by atoms with van der Waals surface area (Å²) in [6.45, 7) is 4.79. The van der Waals surface area contributed by atoms with Gasteiger partial charge in [0.05, 0.1) is 25.0 Å². The van der Waals surface area contributed by atoms with Gasteiger partial charge in [-0.25, -0.2) is 0 Å². The Kier molecular flexibility index (Phi) is 14.2. The molecule has 0 bridgehead atoms. The zero-order valence-corrected chi connectivity index (χ0v) is 30.2. The highest BCUT2D eigenvalue weighted by molar-refractivity contribution is 6.76. The molecule has 0 aromatic heterocycles. The maximum absolute atomic E-state index is 13.3. The fraction of sp³-hybridized carbons (Fsp3) is 0.405. The summed E-state index contributed by atoms with van der Waals surface area (Å²) in [5, 5.41) is 8.29. The highest BCUT2D eigenvalue weighted by Gasteiger charge is 2.53. The Morgan fingerprint density at radius 3 is 1.76 bits per heavy atom. The quantitative estimate of drug-likeness (QED) is 0.0589. The van der Waals surface area contributed by atoms with Crippen molar-refractivity contribution in [2.75, 3.05) is 6.61 Å². The van der Waals surface area contributed by atoms with Crippen LogP contribution in [0.2, 0.25) is 0 Å². The van der Waals surface area contributed by atoms with Crippen LogP contribution >= 0.6 is 34.8 Å². The fourth-order valence-electron chi connectivity index (χ4n) is 4.87. The highest BCUT2D eigenvalue weighted by Crippen LogP contribution is 2.35. The van der Waals surface area contributed by atoms with Crippen molar-refractivity contribution in [1.82, 2.24) is 0 Å². The maximum atomic E-state index is 13.3. The molecule has 0 radical (unpaired) electrons. The third-order valence-electron chi connectivity index (χ3n) is 7.57. The molecule has 10 nitrogen and oxygen atoms in total. The predicted molar refractivity (Wildman–Crippen MR) is 188 cm³/mol. The number of benzene rings is 3. The Morgan fingerprint density at radius 1 is 0.720 bits per heavy atom. The number of halogens is 3. The topological polar surface area (TPSA) is 130 Å². The van der Waals surface area contributed by atoms with Crippen LogP contribution in [-0.4, -0.2) is 64.7 Å². The molecule has 0 saturated carbocycles. The number of ketones is 1. The summed E-state index contributed by atoms with van der Waals surface area (Å²) < 4.78 is 34.1. The zero-order valence-electron chi connectivity index (χ0n) is 27.9. The molecule has 1 aliphatic rings. The van der Waals surface area contributed by atoms with Crippen LogP contribution in [0.4, 0.5) is 0 Å². The normalized spacial score (nSPS) is 20.8. The molecule has 1 fully saturated rings. The molecule has 1 saturated heterocycles. The van der Waals surface area contributed by atoms with E-state index in [1.807, 2.05) is 60.7 Å². The van der Waals surface area contributed by atoms with Crippen LogP contribution < -0.4 is 0 Å². The van der Waals surface area contributed by atoms with Crippen molar-refractivity contribution < 1.29 is 42.8 Å². The summed E-state index contributed by atoms with van der Waals surface area (Å²) in [5.74, 6) is -2.29. The number of ether oxygens (including phenoxy) is 6. The highest BCUT2D eigenvalue weighted by atomic mass is 35.6. The zero-order chi connectivity index (χ0) is 36.3. The minimum absolute atomic E-state index is 0.0585. The lowest BCUT2D eigenvalue weighted by Crippen LogP contribution is -2.63. The van der Waals surface area contributed by atoms with E-state index in [1.54, 1.807) is 51.1 Å². The Morgan fingerprint density at radius 2 is 1.24 bits per heavy atom. The number of hydrogen-bond donors (Lipinski definition) is 1. The molecule has 1 heterocycles. The standard InChI is InChI=1S/C37H40Cl3NO9/c1-36(2,3)35(44)49-32-31(47-22-25-15-9-5-10-16-25)30(46-21-24-13-7-4-8-14-24)28(48-33(32)50-34(41)37(38,39)40)23-45-29(43)20-19-27(42)26-17-11-6-12-18-26/h4-18,28,30-33,41H,19-23H2,1-3H3/t28-,30-,31+,32-,33?/m1/s1. The summed E-state index contributed by atoms with van der Waals surface area (Å²) in [6, 6.07) is 27.2. The first-order valence-electron chi connectivity index (χ1n) is 16.0. The summed E-state index contributed by atoms with van der Waals surface area (Å²) in [6.07, 6.45) is -6.35. The Bertz CT molecular complexity index is 1560. The molecule has 268 valence electrons. The van der Waals surface area contributed by atoms with Crippen molar-refractivity contribution in [1.29, 1.82) is 5.41 Å². The smallest absolute Gasteiger partial charge is 0.311 e. The van der Waals surface area contributed by atoms with E-state index in [9.17, 15) is 14.4 Å². The van der Waals surface area contributed by atoms with Gasteiger partial charge < -0.3 is 28.4 Å². The molecular weight excluding hydrogens is 709 g/mol. The summed E-state index contributed by atoms with van der Waals surface area (Å²) >= 11 is 17.9. The van der Waals surface area contributed by atoms with Gasteiger partial charge in [0.15, 0.2) is 11.9 Å². The van der Waals surface area contributed by atoms with Gasteiger partial charge in [0, 0.05) is 12.0 Å². The Balaban J connectivity index is 1.65. The average Bonchev–Trinajstić information content (AvgIpc) is 3.09. The van der Waals surface area contributed by atoms with Gasteiger partial charge in [-0.1, -0.05) is 126 Å². The van der Waals surface area contributed by atoms with Crippen molar-refractivity contribution in [2.45, 2.75) is 81.3 Å². The van der Waals surface area contributed by atoms with Crippen molar-refractivity contribution in [3.63, 3.8) is 0 Å². The minimum Gasteiger partial charge on any atom is -0.463 e. The van der Waals surface area contributed by atoms with E-state index in [0.29, 0.717) is 5.56 Å². The number of Topliss-reactive ketones (excluding diaryl/α,β-unsaturated/α-hetero) is 1. The van der Waals surface area contributed by atoms with E-state index in [-0.39, 0.29) is 38.4 Å². The lowest BCUT2D eigenvalue weighted by molar-refractivity contribution is -0.306. The molecule has 13 heteroatoms. The molecule has 0 aliphatic carbocycles. The van der Waals surface area contributed by atoms with E-state index in [4.69, 9.17) is 68.6 Å². The first-order valence-corrected chi connectivity index (χ1v) is 17.1. The van der Waals surface area contributed by atoms with Crippen LogP contribution in [-0.2, 0) is 51.2 Å². The number of hydrogen-bond acceptors (Lipinski definition) is 10. The van der Waals surface area contributed by atoms with Crippen molar-refractivity contribution in [3.05, 3.63) is 108 Å². The molecule has 1 unspecified atom stereocenters. The van der Waals surface area contributed by atoms with Gasteiger partial charge in [-0.2, -0.15) is 0 Å². The second-order valence-electron chi connectivity index (χ2n) is 12.6. The molecule has 5 atom stereocenters. The first kappa shape index (κ1) is 39.3. The van der Waals surface area contributed by atoms with E-state index in [2.05, 4.69) is 0 Å². The SMILES string of the molecule is CC(C)(C)C(=O)O[C@H]1C(OC(=N)C(Cl)(Cl)Cl)O[C@H](COC(=O)CCC(=O)c2ccccc2)[C@@H](OCc2ccccc2)[C@@H]1OCc1ccccc1. The molecule has 1 N–H and O–H groups in total. The van der Waals surface area contributed by atoms with Gasteiger partial charge in [-0.3, -0.25) is 19.8 Å². The molecule has 50 heavy (non-hydrogen) atoms. The molecule has 1 aliphatic heterocycles. The molecule has 3 aromatic rings. The van der Waals surface area contributed by atoms with Crippen LogP contribution in [0.5, 0.6) is 0 Å². The van der Waals surface area contributed by atoms with Gasteiger partial charge in [-0.15, -0.1) is 0 Å². The summed E-state index contributed by atoms with van der Waals surface area (Å²) in [4.78, 5) is 38.9. The van der Waals surface area contributed by atoms with Gasteiger partial charge in [-0.05, 0) is 31.9 Å². The van der Waals surface area contributed by atoms with Gasteiger partial charge in [0.25, 0.3) is 3.79 Å². The number of rotatable bonds is 14. The first-order chi connectivity index (χ1) is 23.7. The minimum atomic E-state index is -2.28. The molecule has 0 spiro atoms. The predicted octanol–water partition coefficient (Wildman–Crippen LogP) is 7.41. The lowest BCUT2D eigenvalue weighted by Gasteiger charge is -2.45. The van der Waals surface area contributed by atoms with E-state index in [0.717, 1.165) is 11.1 Å². The van der Waals surface area contributed by atoms with Crippen LogP contribution in [0.25, 0.3) is 0 Å². The Hall–Kier alpha value is -3.51. The van der Waals surface area contributed by atoms with Crippen molar-refractivity contribution >= 4 is 58.4 Å². The molecule has 0 amide bonds. The monoisotopic (exact) mass is 747 g/mol. The second kappa shape index (κ2) is 18.1. The van der Waals surface area contributed by atoms with E-state index < -0.39 is 57.7 Å². The van der Waals surface area contributed by atoms with E-state index in [1.165, 1.54) is 0 Å². The van der Waals surface area contributed by atoms with Crippen LogP contribution in [0, 0.1) is 10.8 Å². The van der Waals surface area contributed by atoms with Crippen molar-refractivity contribution in [3.8, 4) is 0 Å². The number of carbonyl (C=O) groups excluding carboxylic acids is 3. The third-order valence-corrected chi connectivity index (χ3v) is 8.08. The summed E-state index contributed by atoms with van der Waals surface area (Å²) in [5.41, 5.74) is 1.15. The Labute approximate surface area is 306 Å².